The Labute approximate surface area is 122 Å². The number of carboxylic acids is 1. The molecule has 6 heteroatoms. The van der Waals surface area contributed by atoms with E-state index in [-0.39, 0.29) is 5.91 Å². The molecule has 1 heterocycles. The lowest BCUT2D eigenvalue weighted by Gasteiger charge is -2.15. The van der Waals surface area contributed by atoms with Crippen molar-refractivity contribution in [2.45, 2.75) is 32.7 Å². The van der Waals surface area contributed by atoms with Gasteiger partial charge in [0, 0.05) is 24.7 Å². The van der Waals surface area contributed by atoms with Crippen LogP contribution in [0.4, 0.5) is 5.69 Å². The van der Waals surface area contributed by atoms with E-state index in [2.05, 4.69) is 5.32 Å². The molecule has 2 rings (SSSR count). The number of benzene rings is 1. The Morgan fingerprint density at radius 3 is 2.67 bits per heavy atom. The van der Waals surface area contributed by atoms with E-state index in [4.69, 9.17) is 5.11 Å². The van der Waals surface area contributed by atoms with Crippen molar-refractivity contribution < 1.29 is 19.5 Å². The second-order valence-corrected chi connectivity index (χ2v) is 5.04. The van der Waals surface area contributed by atoms with E-state index >= 15 is 0 Å². The summed E-state index contributed by atoms with van der Waals surface area (Å²) in [5.41, 5.74) is 2.17. The van der Waals surface area contributed by atoms with Gasteiger partial charge in [0.2, 0.25) is 5.91 Å². The van der Waals surface area contributed by atoms with E-state index < -0.39 is 17.9 Å². The lowest BCUT2D eigenvalue weighted by atomic mass is 10.1. The second kappa shape index (κ2) is 5.95. The maximum absolute atomic E-state index is 12.1. The van der Waals surface area contributed by atoms with Crippen LogP contribution < -0.4 is 10.2 Å². The third kappa shape index (κ3) is 3.04. The van der Waals surface area contributed by atoms with E-state index in [1.54, 1.807) is 30.0 Å². The van der Waals surface area contributed by atoms with Crippen molar-refractivity contribution in [3.05, 3.63) is 29.3 Å². The fourth-order valence-electron chi connectivity index (χ4n) is 2.45. The molecule has 0 aromatic heterocycles. The summed E-state index contributed by atoms with van der Waals surface area (Å²) >= 11 is 0. The van der Waals surface area contributed by atoms with Crippen LogP contribution in [0, 0.1) is 0 Å². The highest BCUT2D eigenvalue weighted by atomic mass is 16.4. The quantitative estimate of drug-likeness (QED) is 0.872. The van der Waals surface area contributed by atoms with Gasteiger partial charge in [-0.2, -0.15) is 0 Å². The molecule has 0 aliphatic carbocycles. The number of nitrogens with one attached hydrogen (secondary N) is 1. The molecule has 2 N–H and O–H groups in total. The van der Waals surface area contributed by atoms with E-state index in [0.29, 0.717) is 24.9 Å². The lowest BCUT2D eigenvalue weighted by molar-refractivity contribution is -0.139. The van der Waals surface area contributed by atoms with Crippen LogP contribution in [0.3, 0.4) is 0 Å². The highest BCUT2D eigenvalue weighted by Crippen LogP contribution is 2.28. The minimum absolute atomic E-state index is 0.0251. The second-order valence-electron chi connectivity index (χ2n) is 5.04. The van der Waals surface area contributed by atoms with E-state index in [9.17, 15) is 14.4 Å². The Kier molecular flexibility index (Phi) is 4.26. The molecule has 0 saturated heterocycles. The topological polar surface area (TPSA) is 86.7 Å². The number of fused-ring (bicyclic) bond motifs is 1. The number of carbonyl (C=O) groups excluding carboxylic acids is 2. The van der Waals surface area contributed by atoms with E-state index in [1.807, 2.05) is 0 Å². The van der Waals surface area contributed by atoms with Crippen LogP contribution in [0.1, 0.15) is 36.2 Å². The summed E-state index contributed by atoms with van der Waals surface area (Å²) in [7, 11) is 0. The summed E-state index contributed by atoms with van der Waals surface area (Å²) in [5.74, 6) is -1.48. The minimum Gasteiger partial charge on any atom is -0.480 e. The number of carboxylic acid groups (broad SMARTS) is 1. The van der Waals surface area contributed by atoms with Gasteiger partial charge in [-0.05, 0) is 36.6 Å². The van der Waals surface area contributed by atoms with Gasteiger partial charge in [0.25, 0.3) is 5.91 Å². The molecule has 1 aliphatic heterocycles. The predicted molar refractivity (Wildman–Crippen MR) is 77.4 cm³/mol. The van der Waals surface area contributed by atoms with Crippen LogP contribution in [0.25, 0.3) is 0 Å². The Bertz CT molecular complexity index is 597. The van der Waals surface area contributed by atoms with Crippen LogP contribution in [0.15, 0.2) is 18.2 Å². The van der Waals surface area contributed by atoms with Gasteiger partial charge >= 0.3 is 5.97 Å². The van der Waals surface area contributed by atoms with Gasteiger partial charge in [0.1, 0.15) is 6.04 Å². The fraction of sp³-hybridized carbons (Fsp3) is 0.400. The molecule has 0 saturated carbocycles. The summed E-state index contributed by atoms with van der Waals surface area (Å²) in [5, 5.41) is 11.4. The molecule has 1 aliphatic rings. The van der Waals surface area contributed by atoms with Crippen molar-refractivity contribution in [3.63, 3.8) is 0 Å². The maximum Gasteiger partial charge on any atom is 0.326 e. The first kappa shape index (κ1) is 15.0. The van der Waals surface area contributed by atoms with Gasteiger partial charge in [-0.25, -0.2) is 4.79 Å². The average Bonchev–Trinajstić information content (AvgIpc) is 2.87. The molecule has 0 spiro atoms. The Morgan fingerprint density at radius 2 is 2.10 bits per heavy atom. The van der Waals surface area contributed by atoms with Crippen LogP contribution in [0.2, 0.25) is 0 Å². The van der Waals surface area contributed by atoms with Gasteiger partial charge < -0.3 is 15.3 Å². The van der Waals surface area contributed by atoms with Gasteiger partial charge in [-0.15, -0.1) is 0 Å². The van der Waals surface area contributed by atoms with Crippen LogP contribution >= 0.6 is 0 Å². The predicted octanol–water partition coefficient (Wildman–Crippen LogP) is 1.19. The number of carbonyl (C=O) groups is 3. The summed E-state index contributed by atoms with van der Waals surface area (Å²) in [4.78, 5) is 36.2. The molecule has 6 nitrogen and oxygen atoms in total. The monoisotopic (exact) mass is 290 g/mol. The largest absolute Gasteiger partial charge is 0.480 e. The summed E-state index contributed by atoms with van der Waals surface area (Å²) < 4.78 is 0. The first-order valence-corrected chi connectivity index (χ1v) is 6.88. The zero-order chi connectivity index (χ0) is 15.6. The highest BCUT2D eigenvalue weighted by molar-refractivity contribution is 5.99. The van der Waals surface area contributed by atoms with Gasteiger partial charge in [0.05, 0.1) is 0 Å². The van der Waals surface area contributed by atoms with Crippen molar-refractivity contribution in [1.29, 1.82) is 0 Å². The molecule has 2 amide bonds. The normalized spacial score (nSPS) is 14.5. The molecule has 21 heavy (non-hydrogen) atoms. The van der Waals surface area contributed by atoms with Crippen LogP contribution in [-0.2, 0) is 16.0 Å². The number of anilines is 1. The third-order valence-corrected chi connectivity index (χ3v) is 3.63. The third-order valence-electron chi connectivity index (χ3n) is 3.63. The molecule has 112 valence electrons. The van der Waals surface area contributed by atoms with Crippen molar-refractivity contribution in [1.82, 2.24) is 5.32 Å². The van der Waals surface area contributed by atoms with Crippen molar-refractivity contribution in [3.8, 4) is 0 Å². The average molecular weight is 290 g/mol. The van der Waals surface area contributed by atoms with E-state index in [1.165, 1.54) is 6.92 Å². The molecule has 1 unspecified atom stereocenters. The first-order chi connectivity index (χ1) is 9.93. The molecule has 1 aromatic carbocycles. The number of aliphatic carboxylic acids is 1. The molecule has 0 bridgehead atoms. The highest BCUT2D eigenvalue weighted by Gasteiger charge is 2.24. The van der Waals surface area contributed by atoms with Gasteiger partial charge in [0.15, 0.2) is 0 Å². The molecule has 1 aromatic rings. The zero-order valence-corrected chi connectivity index (χ0v) is 12.0. The number of rotatable bonds is 4. The molecular formula is C15H18N2O4. The number of nitrogens with zero attached hydrogens (tertiary/aromatic N) is 1. The molecule has 0 radical (unpaired) electrons. The number of amides is 2. The van der Waals surface area contributed by atoms with Crippen molar-refractivity contribution in [2.75, 3.05) is 11.4 Å². The smallest absolute Gasteiger partial charge is 0.326 e. The SMILES string of the molecule is CCC(NC(=O)c1ccc2c(c1)CCN2C(C)=O)C(=O)O. The Balaban J connectivity index is 2.18. The van der Waals surface area contributed by atoms with E-state index in [0.717, 1.165) is 11.3 Å². The number of hydrogen-bond acceptors (Lipinski definition) is 3. The summed E-state index contributed by atoms with van der Waals surface area (Å²) in [6.45, 7) is 3.82. The Morgan fingerprint density at radius 1 is 1.38 bits per heavy atom. The minimum atomic E-state index is -1.05. The molecule has 1 atom stereocenters. The standard InChI is InChI=1S/C15H18N2O4/c1-3-12(15(20)21)16-14(19)11-4-5-13-10(8-11)6-7-17(13)9(2)18/h4-5,8,12H,3,6-7H2,1-2H3,(H,16,19)(H,20,21). The molecular weight excluding hydrogens is 272 g/mol. The Hall–Kier alpha value is -2.37. The van der Waals surface area contributed by atoms with Crippen molar-refractivity contribution in [2.24, 2.45) is 0 Å². The van der Waals surface area contributed by atoms with Crippen LogP contribution in [0.5, 0.6) is 0 Å². The van der Waals surface area contributed by atoms with Gasteiger partial charge in [-0.3, -0.25) is 9.59 Å². The zero-order valence-electron chi connectivity index (χ0n) is 12.0. The summed E-state index contributed by atoms with van der Waals surface area (Å²) in [6, 6.07) is 4.19. The summed E-state index contributed by atoms with van der Waals surface area (Å²) in [6.07, 6.45) is 1.02. The van der Waals surface area contributed by atoms with Crippen LogP contribution in [-0.4, -0.2) is 35.5 Å². The van der Waals surface area contributed by atoms with Crippen molar-refractivity contribution >= 4 is 23.5 Å². The number of hydrogen-bond donors (Lipinski definition) is 2. The van der Waals surface area contributed by atoms with Gasteiger partial charge in [-0.1, -0.05) is 6.92 Å². The first-order valence-electron chi connectivity index (χ1n) is 6.88. The fourth-order valence-corrected chi connectivity index (χ4v) is 2.45. The maximum atomic E-state index is 12.1. The lowest BCUT2D eigenvalue weighted by Crippen LogP contribution is -2.40. The molecule has 0 fully saturated rings.